The Morgan fingerprint density at radius 2 is 1.79 bits per heavy atom. The molecule has 124 valence electrons. The number of halogens is 4. The maximum Gasteiger partial charge on any atom is 0.573 e. The van der Waals surface area contributed by atoms with Crippen molar-refractivity contribution in [1.82, 2.24) is 0 Å². The summed E-state index contributed by atoms with van der Waals surface area (Å²) in [4.78, 5) is 11.9. The van der Waals surface area contributed by atoms with Crippen LogP contribution in [0.2, 0.25) is 5.02 Å². The molecule has 1 N–H and O–H groups in total. The summed E-state index contributed by atoms with van der Waals surface area (Å²) in [7, 11) is 0. The molecule has 1 amide bonds. The van der Waals surface area contributed by atoms with E-state index in [1.54, 1.807) is 25.1 Å². The second kappa shape index (κ2) is 5.87. The number of benzene rings is 2. The van der Waals surface area contributed by atoms with Gasteiger partial charge in [0.2, 0.25) is 0 Å². The van der Waals surface area contributed by atoms with Gasteiger partial charge in [-0.15, -0.1) is 13.2 Å². The number of anilines is 1. The number of fused-ring (bicyclic) bond motifs is 1. The molecule has 0 radical (unpaired) electrons. The van der Waals surface area contributed by atoms with Crippen LogP contribution in [0.3, 0.4) is 0 Å². The van der Waals surface area contributed by atoms with Crippen LogP contribution < -0.4 is 10.1 Å². The minimum atomic E-state index is -4.74. The summed E-state index contributed by atoms with van der Waals surface area (Å²) in [6, 6.07) is 8.76. The topological polar surface area (TPSA) is 38.3 Å². The lowest BCUT2D eigenvalue weighted by molar-refractivity contribution is -0.274. The molecule has 0 aromatic heterocycles. The van der Waals surface area contributed by atoms with Crippen molar-refractivity contribution in [3.05, 3.63) is 53.1 Å². The van der Waals surface area contributed by atoms with Crippen LogP contribution in [0, 0.1) is 0 Å². The van der Waals surface area contributed by atoms with Crippen molar-refractivity contribution in [2.45, 2.75) is 13.3 Å². The average Bonchev–Trinajstić information content (AvgIpc) is 2.79. The van der Waals surface area contributed by atoms with E-state index >= 15 is 0 Å². The molecule has 1 aliphatic heterocycles. The first-order valence-electron chi connectivity index (χ1n) is 6.96. The maximum atomic E-state index is 12.2. The quantitative estimate of drug-likeness (QED) is 0.748. The molecule has 0 fully saturated rings. The monoisotopic (exact) mass is 353 g/mol. The van der Waals surface area contributed by atoms with Gasteiger partial charge < -0.3 is 10.1 Å². The summed E-state index contributed by atoms with van der Waals surface area (Å²) in [6.45, 7) is 1.75. The van der Waals surface area contributed by atoms with E-state index in [2.05, 4.69) is 10.1 Å². The van der Waals surface area contributed by atoms with Gasteiger partial charge in [-0.25, -0.2) is 0 Å². The molecule has 2 aromatic carbocycles. The van der Waals surface area contributed by atoms with Gasteiger partial charge in [0.15, 0.2) is 0 Å². The molecular weight excluding hydrogens is 343 g/mol. The van der Waals surface area contributed by atoms with Crippen molar-refractivity contribution in [1.29, 1.82) is 0 Å². The van der Waals surface area contributed by atoms with Gasteiger partial charge in [0, 0.05) is 16.7 Å². The van der Waals surface area contributed by atoms with Crippen molar-refractivity contribution >= 4 is 28.8 Å². The van der Waals surface area contributed by atoms with Crippen LogP contribution in [0.4, 0.5) is 18.9 Å². The van der Waals surface area contributed by atoms with Crippen LogP contribution in [0.5, 0.6) is 5.75 Å². The molecule has 3 rings (SSSR count). The summed E-state index contributed by atoms with van der Waals surface area (Å²) in [6.07, 6.45) is -3.04. The third kappa shape index (κ3) is 3.10. The van der Waals surface area contributed by atoms with Crippen LogP contribution >= 0.6 is 11.6 Å². The highest BCUT2D eigenvalue weighted by atomic mass is 35.5. The van der Waals surface area contributed by atoms with Gasteiger partial charge in [-0.3, -0.25) is 4.79 Å². The Hall–Kier alpha value is -2.47. The number of ether oxygens (including phenoxy) is 1. The number of carbonyl (C=O) groups is 1. The zero-order chi connectivity index (χ0) is 17.5. The zero-order valence-electron chi connectivity index (χ0n) is 12.4. The van der Waals surface area contributed by atoms with Gasteiger partial charge >= 0.3 is 6.36 Å². The normalized spacial score (nSPS) is 15.4. The van der Waals surface area contributed by atoms with E-state index in [1.807, 2.05) is 0 Å². The molecule has 3 nitrogen and oxygen atoms in total. The predicted molar refractivity (Wildman–Crippen MR) is 85.9 cm³/mol. The first-order chi connectivity index (χ1) is 11.3. The third-order valence-corrected chi connectivity index (χ3v) is 3.89. The third-order valence-electron chi connectivity index (χ3n) is 3.58. The van der Waals surface area contributed by atoms with Gasteiger partial charge in [-0.2, -0.15) is 0 Å². The second-order valence-electron chi connectivity index (χ2n) is 5.11. The van der Waals surface area contributed by atoms with Gasteiger partial charge in [0.1, 0.15) is 5.75 Å². The fraction of sp³-hybridized carbons (Fsp3) is 0.118. The van der Waals surface area contributed by atoms with Crippen LogP contribution in [0.25, 0.3) is 16.7 Å². The summed E-state index contributed by atoms with van der Waals surface area (Å²) < 4.78 is 40.5. The summed E-state index contributed by atoms with van der Waals surface area (Å²) in [5.41, 5.74) is 3.08. The smallest absolute Gasteiger partial charge is 0.406 e. The van der Waals surface area contributed by atoms with E-state index in [0.717, 1.165) is 0 Å². The molecule has 0 spiro atoms. The zero-order valence-corrected chi connectivity index (χ0v) is 13.1. The highest BCUT2D eigenvalue weighted by molar-refractivity contribution is 6.36. The molecule has 0 saturated heterocycles. The molecule has 0 aliphatic carbocycles. The maximum absolute atomic E-state index is 12.2. The Morgan fingerprint density at radius 3 is 2.38 bits per heavy atom. The number of rotatable bonds is 2. The van der Waals surface area contributed by atoms with Crippen LogP contribution in [0.1, 0.15) is 12.5 Å². The van der Waals surface area contributed by atoms with Crippen molar-refractivity contribution in [3.8, 4) is 16.9 Å². The largest absolute Gasteiger partial charge is 0.573 e. The number of nitrogens with one attached hydrogen (secondary N) is 1. The van der Waals surface area contributed by atoms with Crippen molar-refractivity contribution < 1.29 is 22.7 Å². The van der Waals surface area contributed by atoms with Gasteiger partial charge in [0.05, 0.1) is 10.7 Å². The Balaban J connectivity index is 1.99. The fourth-order valence-corrected chi connectivity index (χ4v) is 2.83. The summed E-state index contributed by atoms with van der Waals surface area (Å²) in [5, 5.41) is 3.10. The number of hydrogen-bond donors (Lipinski definition) is 1. The lowest BCUT2D eigenvalue weighted by Gasteiger charge is -2.11. The van der Waals surface area contributed by atoms with Crippen LogP contribution in [-0.4, -0.2) is 12.3 Å². The highest BCUT2D eigenvalue weighted by Crippen LogP contribution is 2.40. The lowest BCUT2D eigenvalue weighted by atomic mass is 9.99. The Morgan fingerprint density at radius 1 is 1.12 bits per heavy atom. The summed E-state index contributed by atoms with van der Waals surface area (Å²) in [5.74, 6) is -0.524. The molecule has 0 saturated carbocycles. The number of hydrogen-bond acceptors (Lipinski definition) is 2. The molecule has 1 aliphatic rings. The van der Waals surface area contributed by atoms with E-state index in [0.29, 0.717) is 33.0 Å². The SMILES string of the molecule is C/C=C1\C(=O)Nc2cc(Cl)c(-c3ccc(OC(F)(F)F)cc3)cc21. The van der Waals surface area contributed by atoms with E-state index < -0.39 is 6.36 Å². The van der Waals surface area contributed by atoms with Crippen LogP contribution in [0.15, 0.2) is 42.5 Å². The predicted octanol–water partition coefficient (Wildman–Crippen LogP) is 5.26. The first kappa shape index (κ1) is 16.4. The second-order valence-corrected chi connectivity index (χ2v) is 5.51. The van der Waals surface area contributed by atoms with E-state index in [4.69, 9.17) is 11.6 Å². The average molecular weight is 354 g/mol. The molecule has 1 heterocycles. The molecule has 0 unspecified atom stereocenters. The first-order valence-corrected chi connectivity index (χ1v) is 7.34. The lowest BCUT2D eigenvalue weighted by Crippen LogP contribution is -2.16. The van der Waals surface area contributed by atoms with E-state index in [1.165, 1.54) is 24.3 Å². The fourth-order valence-electron chi connectivity index (χ4n) is 2.56. The van der Waals surface area contributed by atoms with E-state index in [-0.39, 0.29) is 11.7 Å². The number of allylic oxidation sites excluding steroid dienone is 1. The minimum absolute atomic E-state index is 0.213. The van der Waals surface area contributed by atoms with Crippen molar-refractivity contribution in [2.24, 2.45) is 0 Å². The number of carbonyl (C=O) groups excluding carboxylic acids is 1. The van der Waals surface area contributed by atoms with Crippen LogP contribution in [-0.2, 0) is 4.79 Å². The summed E-state index contributed by atoms with van der Waals surface area (Å²) >= 11 is 6.25. The van der Waals surface area contributed by atoms with Crippen molar-refractivity contribution in [3.63, 3.8) is 0 Å². The number of amides is 1. The van der Waals surface area contributed by atoms with Gasteiger partial charge in [-0.1, -0.05) is 29.8 Å². The molecule has 0 atom stereocenters. The molecule has 24 heavy (non-hydrogen) atoms. The Bertz CT molecular complexity index is 842. The molecule has 7 heteroatoms. The van der Waals surface area contributed by atoms with Crippen molar-refractivity contribution in [2.75, 3.05) is 5.32 Å². The molecular formula is C17H11ClF3NO2. The highest BCUT2D eigenvalue weighted by Gasteiger charge is 2.31. The van der Waals surface area contributed by atoms with Gasteiger partial charge in [0.25, 0.3) is 5.91 Å². The van der Waals surface area contributed by atoms with Gasteiger partial charge in [-0.05, 0) is 36.8 Å². The number of alkyl halides is 3. The molecule has 0 bridgehead atoms. The Labute approximate surface area is 140 Å². The minimum Gasteiger partial charge on any atom is -0.406 e. The van der Waals surface area contributed by atoms with E-state index in [9.17, 15) is 18.0 Å². The Kier molecular flexibility index (Phi) is 4.01. The standard InChI is InChI=1S/C17H11ClF3NO2/c1-2-11-13-7-12(14(18)8-15(13)22-16(11)23)9-3-5-10(6-4-9)24-17(19,20)21/h2-8H,1H3,(H,22,23)/b11-2-. The molecule has 2 aromatic rings.